The number of likely N-dealkylation sites (tertiary alicyclic amines) is 1. The van der Waals surface area contributed by atoms with Gasteiger partial charge in [0.15, 0.2) is 0 Å². The normalized spacial score (nSPS) is 39.7. The quantitative estimate of drug-likeness (QED) is 0.850. The molecule has 0 radical (unpaired) electrons. The number of halogens is 1. The molecule has 4 bridgehead atoms. The summed E-state index contributed by atoms with van der Waals surface area (Å²) in [6.07, 6.45) is 5.24. The smallest absolute Gasteiger partial charge is 0.223 e. The number of amides is 1. The molecule has 4 aliphatic carbocycles. The Morgan fingerprint density at radius 2 is 1.50 bits per heavy atom. The van der Waals surface area contributed by atoms with Crippen molar-refractivity contribution in [1.29, 1.82) is 0 Å². The van der Waals surface area contributed by atoms with Crippen LogP contribution in [0.1, 0.15) is 58.4 Å². The van der Waals surface area contributed by atoms with Crippen LogP contribution in [-0.2, 0) is 10.2 Å². The minimum Gasteiger partial charge on any atom is -0.386 e. The zero-order valence-electron chi connectivity index (χ0n) is 17.2. The number of carbonyl (C=O) groups is 1. The van der Waals surface area contributed by atoms with E-state index in [4.69, 9.17) is 0 Å². The zero-order chi connectivity index (χ0) is 19.9. The molecule has 1 N–H and O–H groups in total. The summed E-state index contributed by atoms with van der Waals surface area (Å²) in [5, 5.41) is 10.1. The fourth-order valence-electron chi connectivity index (χ4n) is 7.42. The third kappa shape index (κ3) is 2.52. The summed E-state index contributed by atoms with van der Waals surface area (Å²) in [5.41, 5.74) is 0.645. The summed E-state index contributed by atoms with van der Waals surface area (Å²) in [4.78, 5) is 15.0. The van der Waals surface area contributed by atoms with Crippen LogP contribution in [0.25, 0.3) is 0 Å². The summed E-state index contributed by atoms with van der Waals surface area (Å²) < 4.78 is 13.7. The standard InChI is InChI=1S/C24H32FNO2/c1-22(2)16-8-18-10-17(22)11-19(9-16)24(18,15-4-6-20(25)7-5-15)12-21(27)26-13-23(3,28)14-26/h4-7,16-19,28H,8-14H2,1-3H3. The molecule has 0 unspecified atom stereocenters. The Balaban J connectivity index is 1.50. The number of hydrogen-bond donors (Lipinski definition) is 1. The highest BCUT2D eigenvalue weighted by Crippen LogP contribution is 2.69. The van der Waals surface area contributed by atoms with Crippen LogP contribution in [0.15, 0.2) is 24.3 Å². The van der Waals surface area contributed by atoms with Gasteiger partial charge in [0, 0.05) is 11.8 Å². The van der Waals surface area contributed by atoms with Crippen LogP contribution in [0.5, 0.6) is 0 Å². The van der Waals surface area contributed by atoms with Crippen molar-refractivity contribution in [3.8, 4) is 0 Å². The number of hydrogen-bond acceptors (Lipinski definition) is 2. The SMILES string of the molecule is CC1(O)CN(C(=O)CC2(c3ccc(F)cc3)C3CC4CC2CC(C3)C4(C)C)C1. The van der Waals surface area contributed by atoms with Crippen molar-refractivity contribution in [2.24, 2.45) is 29.1 Å². The maximum Gasteiger partial charge on any atom is 0.223 e. The molecular weight excluding hydrogens is 353 g/mol. The van der Waals surface area contributed by atoms with E-state index in [9.17, 15) is 14.3 Å². The molecular formula is C24H32FNO2. The average molecular weight is 386 g/mol. The number of nitrogens with zero attached hydrogens (tertiary/aromatic N) is 1. The van der Waals surface area contributed by atoms with Crippen molar-refractivity contribution in [3.05, 3.63) is 35.6 Å². The molecule has 1 amide bonds. The molecule has 1 saturated heterocycles. The number of rotatable bonds is 3. The van der Waals surface area contributed by atoms with Gasteiger partial charge in [-0.1, -0.05) is 26.0 Å². The lowest BCUT2D eigenvalue weighted by molar-refractivity contribution is -0.167. The van der Waals surface area contributed by atoms with Crippen molar-refractivity contribution in [3.63, 3.8) is 0 Å². The lowest BCUT2D eigenvalue weighted by Gasteiger charge is -2.67. The van der Waals surface area contributed by atoms with Crippen molar-refractivity contribution >= 4 is 5.91 Å². The second-order valence-corrected chi connectivity index (χ2v) is 11.0. The molecule has 5 aliphatic rings. The minimum atomic E-state index is -0.743. The van der Waals surface area contributed by atoms with Gasteiger partial charge >= 0.3 is 0 Å². The largest absolute Gasteiger partial charge is 0.386 e. The van der Waals surface area contributed by atoms with Crippen LogP contribution in [-0.4, -0.2) is 34.6 Å². The fourth-order valence-corrected chi connectivity index (χ4v) is 7.42. The molecule has 5 fully saturated rings. The van der Waals surface area contributed by atoms with E-state index in [0.29, 0.717) is 36.8 Å². The molecule has 0 aromatic heterocycles. The van der Waals surface area contributed by atoms with Crippen LogP contribution in [0.3, 0.4) is 0 Å². The molecule has 4 saturated carbocycles. The zero-order valence-corrected chi connectivity index (χ0v) is 17.2. The molecule has 6 rings (SSSR count). The third-order valence-corrected chi connectivity index (χ3v) is 9.08. The molecule has 1 aromatic rings. The maximum atomic E-state index is 13.7. The Kier molecular flexibility index (Phi) is 3.86. The Labute approximate surface area is 167 Å². The molecule has 28 heavy (non-hydrogen) atoms. The highest BCUT2D eigenvalue weighted by Gasteiger charge is 2.63. The Morgan fingerprint density at radius 3 is 1.96 bits per heavy atom. The van der Waals surface area contributed by atoms with Crippen LogP contribution < -0.4 is 0 Å². The van der Waals surface area contributed by atoms with E-state index in [2.05, 4.69) is 13.8 Å². The van der Waals surface area contributed by atoms with Crippen LogP contribution in [0.2, 0.25) is 0 Å². The first-order chi connectivity index (χ1) is 13.1. The number of β-amino-alcohol motifs (C(OH)–C–C–N with tert-alkyl or cyclic N) is 1. The highest BCUT2D eigenvalue weighted by molar-refractivity contribution is 5.79. The summed E-state index contributed by atoms with van der Waals surface area (Å²) in [7, 11) is 0. The minimum absolute atomic E-state index is 0.155. The molecule has 1 heterocycles. The summed E-state index contributed by atoms with van der Waals surface area (Å²) in [5.74, 6) is 2.42. The van der Waals surface area contributed by atoms with E-state index < -0.39 is 5.60 Å². The molecule has 3 nitrogen and oxygen atoms in total. The molecule has 0 spiro atoms. The van der Waals surface area contributed by atoms with Gasteiger partial charge < -0.3 is 10.0 Å². The van der Waals surface area contributed by atoms with Gasteiger partial charge in [-0.3, -0.25) is 4.79 Å². The molecule has 0 atom stereocenters. The lowest BCUT2D eigenvalue weighted by atomic mass is 9.37. The van der Waals surface area contributed by atoms with E-state index >= 15 is 0 Å². The first-order valence-corrected chi connectivity index (χ1v) is 10.9. The van der Waals surface area contributed by atoms with E-state index in [-0.39, 0.29) is 17.1 Å². The molecule has 1 aliphatic heterocycles. The van der Waals surface area contributed by atoms with Gasteiger partial charge in [-0.15, -0.1) is 0 Å². The van der Waals surface area contributed by atoms with Crippen molar-refractivity contribution < 1.29 is 14.3 Å². The maximum absolute atomic E-state index is 13.7. The predicted molar refractivity (Wildman–Crippen MR) is 106 cm³/mol. The Hall–Kier alpha value is -1.42. The second kappa shape index (κ2) is 5.81. The van der Waals surface area contributed by atoms with Crippen molar-refractivity contribution in [2.75, 3.05) is 13.1 Å². The van der Waals surface area contributed by atoms with Crippen molar-refractivity contribution in [1.82, 2.24) is 4.90 Å². The Morgan fingerprint density at radius 1 is 1.00 bits per heavy atom. The van der Waals surface area contributed by atoms with Gasteiger partial charge in [0.05, 0.1) is 18.7 Å². The first-order valence-electron chi connectivity index (χ1n) is 10.9. The summed E-state index contributed by atoms with van der Waals surface area (Å²) in [6, 6.07) is 6.99. The van der Waals surface area contributed by atoms with Crippen LogP contribution in [0.4, 0.5) is 4.39 Å². The number of carbonyl (C=O) groups excluding carboxylic acids is 1. The Bertz CT molecular complexity index is 757. The molecule has 4 heteroatoms. The van der Waals surface area contributed by atoms with Crippen molar-refractivity contribution in [2.45, 2.75) is 63.9 Å². The van der Waals surface area contributed by atoms with Gasteiger partial charge in [0.25, 0.3) is 0 Å². The van der Waals surface area contributed by atoms with E-state index in [0.717, 1.165) is 17.4 Å². The van der Waals surface area contributed by atoms with E-state index in [1.165, 1.54) is 25.7 Å². The lowest BCUT2D eigenvalue weighted by Crippen LogP contribution is -2.65. The monoisotopic (exact) mass is 385 g/mol. The third-order valence-electron chi connectivity index (χ3n) is 9.08. The van der Waals surface area contributed by atoms with Crippen LogP contribution in [0, 0.1) is 34.9 Å². The van der Waals surface area contributed by atoms with Gasteiger partial charge in [-0.25, -0.2) is 4.39 Å². The second-order valence-electron chi connectivity index (χ2n) is 11.0. The molecule has 152 valence electrons. The number of aliphatic hydroxyl groups is 1. The topological polar surface area (TPSA) is 40.5 Å². The van der Waals surface area contributed by atoms with Gasteiger partial charge in [0.2, 0.25) is 5.91 Å². The highest BCUT2D eigenvalue weighted by atomic mass is 19.1. The van der Waals surface area contributed by atoms with Crippen LogP contribution >= 0.6 is 0 Å². The summed E-state index contributed by atoms with van der Waals surface area (Å²) in [6.45, 7) is 7.52. The van der Waals surface area contributed by atoms with Gasteiger partial charge in [0.1, 0.15) is 5.82 Å². The van der Waals surface area contributed by atoms with E-state index in [1.54, 1.807) is 24.0 Å². The molecule has 1 aromatic carbocycles. The average Bonchev–Trinajstić information content (AvgIpc) is 2.58. The number of benzene rings is 1. The predicted octanol–water partition coefficient (Wildman–Crippen LogP) is 4.14. The van der Waals surface area contributed by atoms with Gasteiger partial charge in [-0.05, 0) is 79.4 Å². The fraction of sp³-hybridized carbons (Fsp3) is 0.708. The van der Waals surface area contributed by atoms with Gasteiger partial charge in [-0.2, -0.15) is 0 Å². The first kappa shape index (κ1) is 18.6. The van der Waals surface area contributed by atoms with E-state index in [1.807, 2.05) is 12.1 Å². The summed E-state index contributed by atoms with van der Waals surface area (Å²) >= 11 is 0.